The first-order chi connectivity index (χ1) is 9.53. The van der Waals surface area contributed by atoms with Gasteiger partial charge in [0.15, 0.2) is 0 Å². The SMILES string of the molecule is C=CC(C)CCCC(C)(C)OCC=Cc1ccccc1. The molecule has 0 bridgehead atoms. The fraction of sp³-hybridized carbons (Fsp3) is 0.474. The molecule has 0 aliphatic carbocycles. The van der Waals surface area contributed by atoms with Crippen LogP contribution in [0.5, 0.6) is 0 Å². The van der Waals surface area contributed by atoms with Crippen molar-refractivity contribution in [3.63, 3.8) is 0 Å². The fourth-order valence-electron chi connectivity index (χ4n) is 2.06. The van der Waals surface area contributed by atoms with Gasteiger partial charge >= 0.3 is 0 Å². The number of hydrogen-bond donors (Lipinski definition) is 0. The minimum Gasteiger partial charge on any atom is -0.372 e. The summed E-state index contributed by atoms with van der Waals surface area (Å²) in [6.45, 7) is 11.0. The van der Waals surface area contributed by atoms with E-state index in [0.29, 0.717) is 12.5 Å². The summed E-state index contributed by atoms with van der Waals surface area (Å²) in [6, 6.07) is 10.3. The smallest absolute Gasteiger partial charge is 0.0657 e. The van der Waals surface area contributed by atoms with Crippen molar-refractivity contribution < 1.29 is 4.74 Å². The van der Waals surface area contributed by atoms with E-state index in [1.165, 1.54) is 18.4 Å². The molecule has 1 aromatic carbocycles. The van der Waals surface area contributed by atoms with E-state index >= 15 is 0 Å². The molecule has 0 aliphatic heterocycles. The van der Waals surface area contributed by atoms with Gasteiger partial charge in [-0.3, -0.25) is 0 Å². The quantitative estimate of drug-likeness (QED) is 0.540. The number of allylic oxidation sites excluding steroid dienone is 1. The Morgan fingerprint density at radius 2 is 1.95 bits per heavy atom. The van der Waals surface area contributed by atoms with Crippen molar-refractivity contribution in [3.8, 4) is 0 Å². The molecule has 0 radical (unpaired) electrons. The predicted octanol–water partition coefficient (Wildman–Crippen LogP) is 5.49. The van der Waals surface area contributed by atoms with Crippen LogP contribution in [0.25, 0.3) is 6.08 Å². The zero-order valence-electron chi connectivity index (χ0n) is 13.1. The summed E-state index contributed by atoms with van der Waals surface area (Å²) in [7, 11) is 0. The van der Waals surface area contributed by atoms with E-state index < -0.39 is 0 Å². The van der Waals surface area contributed by atoms with Crippen molar-refractivity contribution in [2.45, 2.75) is 45.6 Å². The summed E-state index contributed by atoms with van der Waals surface area (Å²) in [5.41, 5.74) is 1.16. The van der Waals surface area contributed by atoms with Crippen LogP contribution in [0.3, 0.4) is 0 Å². The van der Waals surface area contributed by atoms with Crippen LogP contribution in [0, 0.1) is 5.92 Å². The second-order valence-electron chi connectivity index (χ2n) is 5.99. The van der Waals surface area contributed by atoms with E-state index in [4.69, 9.17) is 4.74 Å². The Bertz CT molecular complexity index is 403. The molecule has 20 heavy (non-hydrogen) atoms. The maximum absolute atomic E-state index is 5.95. The van der Waals surface area contributed by atoms with Crippen LogP contribution in [-0.4, -0.2) is 12.2 Å². The van der Waals surface area contributed by atoms with Gasteiger partial charge in [0.05, 0.1) is 12.2 Å². The van der Waals surface area contributed by atoms with Crippen molar-refractivity contribution in [2.24, 2.45) is 5.92 Å². The van der Waals surface area contributed by atoms with Crippen LogP contribution in [0.15, 0.2) is 49.1 Å². The number of ether oxygens (including phenoxy) is 1. The van der Waals surface area contributed by atoms with Gasteiger partial charge in [0.2, 0.25) is 0 Å². The molecule has 1 heteroatoms. The molecule has 0 saturated heterocycles. The standard InChI is InChI=1S/C19H28O/c1-5-17(2)11-9-15-19(3,4)20-16-10-14-18-12-7-6-8-13-18/h5-8,10,12-14,17H,1,9,11,15-16H2,2-4H3. The van der Waals surface area contributed by atoms with Gasteiger partial charge in [-0.1, -0.05) is 61.9 Å². The molecular formula is C19H28O. The minimum atomic E-state index is -0.0537. The van der Waals surface area contributed by atoms with Gasteiger partial charge in [-0.25, -0.2) is 0 Å². The lowest BCUT2D eigenvalue weighted by atomic mass is 9.97. The molecule has 0 aromatic heterocycles. The monoisotopic (exact) mass is 272 g/mol. The summed E-state index contributed by atoms with van der Waals surface area (Å²) in [5, 5.41) is 0. The molecule has 0 N–H and O–H groups in total. The second-order valence-corrected chi connectivity index (χ2v) is 5.99. The third-order valence-electron chi connectivity index (χ3n) is 3.52. The molecule has 0 amide bonds. The van der Waals surface area contributed by atoms with Crippen molar-refractivity contribution >= 4 is 6.08 Å². The summed E-state index contributed by atoms with van der Waals surface area (Å²) in [4.78, 5) is 0. The van der Waals surface area contributed by atoms with Crippen LogP contribution in [-0.2, 0) is 4.74 Å². The Balaban J connectivity index is 2.25. The first-order valence-electron chi connectivity index (χ1n) is 7.51. The Hall–Kier alpha value is -1.34. The van der Waals surface area contributed by atoms with Gasteiger partial charge in [-0.05, 0) is 38.2 Å². The van der Waals surface area contributed by atoms with Gasteiger partial charge < -0.3 is 4.74 Å². The first-order valence-corrected chi connectivity index (χ1v) is 7.51. The number of hydrogen-bond acceptors (Lipinski definition) is 1. The average molecular weight is 272 g/mol. The molecule has 0 heterocycles. The van der Waals surface area contributed by atoms with E-state index in [0.717, 1.165) is 6.42 Å². The molecule has 110 valence electrons. The summed E-state index contributed by atoms with van der Waals surface area (Å²) in [5.74, 6) is 0.601. The lowest BCUT2D eigenvalue weighted by Gasteiger charge is -2.25. The zero-order chi connectivity index (χ0) is 14.8. The molecule has 0 aliphatic rings. The van der Waals surface area contributed by atoms with Crippen molar-refractivity contribution in [1.29, 1.82) is 0 Å². The average Bonchev–Trinajstić information content (AvgIpc) is 2.44. The maximum Gasteiger partial charge on any atom is 0.0657 e. The van der Waals surface area contributed by atoms with Crippen LogP contribution < -0.4 is 0 Å². The van der Waals surface area contributed by atoms with E-state index in [9.17, 15) is 0 Å². The largest absolute Gasteiger partial charge is 0.372 e. The van der Waals surface area contributed by atoms with Gasteiger partial charge in [0, 0.05) is 0 Å². The van der Waals surface area contributed by atoms with Crippen LogP contribution in [0.2, 0.25) is 0 Å². The molecule has 0 fully saturated rings. The Labute approximate surface area is 124 Å². The predicted molar refractivity (Wildman–Crippen MR) is 88.7 cm³/mol. The van der Waals surface area contributed by atoms with Gasteiger partial charge in [0.1, 0.15) is 0 Å². The molecule has 1 nitrogen and oxygen atoms in total. The topological polar surface area (TPSA) is 9.23 Å². The summed E-state index contributed by atoms with van der Waals surface area (Å²) in [6.07, 6.45) is 9.68. The highest BCUT2D eigenvalue weighted by molar-refractivity contribution is 5.48. The van der Waals surface area contributed by atoms with Crippen LogP contribution in [0.1, 0.15) is 45.6 Å². The normalized spacial score (nSPS) is 13.6. The van der Waals surface area contributed by atoms with E-state index in [2.05, 4.69) is 51.6 Å². The van der Waals surface area contributed by atoms with Crippen LogP contribution in [0.4, 0.5) is 0 Å². The van der Waals surface area contributed by atoms with E-state index in [1.54, 1.807) is 0 Å². The molecule has 1 atom stereocenters. The van der Waals surface area contributed by atoms with Gasteiger partial charge in [-0.2, -0.15) is 0 Å². The van der Waals surface area contributed by atoms with Crippen LogP contribution >= 0.6 is 0 Å². The molecule has 0 spiro atoms. The molecule has 0 saturated carbocycles. The number of benzene rings is 1. The number of rotatable bonds is 9. The van der Waals surface area contributed by atoms with E-state index in [-0.39, 0.29) is 5.60 Å². The molecule has 1 aromatic rings. The highest BCUT2D eigenvalue weighted by Crippen LogP contribution is 2.20. The van der Waals surface area contributed by atoms with Crippen molar-refractivity contribution in [1.82, 2.24) is 0 Å². The third kappa shape index (κ3) is 7.30. The van der Waals surface area contributed by atoms with Gasteiger partial charge in [0.25, 0.3) is 0 Å². The highest BCUT2D eigenvalue weighted by Gasteiger charge is 2.17. The zero-order valence-corrected chi connectivity index (χ0v) is 13.1. The second kappa shape index (κ2) is 8.76. The highest BCUT2D eigenvalue weighted by atomic mass is 16.5. The molecule has 1 unspecified atom stereocenters. The summed E-state index contributed by atoms with van der Waals surface area (Å²) >= 11 is 0. The first kappa shape index (κ1) is 16.7. The maximum atomic E-state index is 5.95. The Kier molecular flexibility index (Phi) is 7.32. The van der Waals surface area contributed by atoms with Gasteiger partial charge in [-0.15, -0.1) is 6.58 Å². The summed E-state index contributed by atoms with van der Waals surface area (Å²) < 4.78 is 5.95. The van der Waals surface area contributed by atoms with E-state index in [1.807, 2.05) is 24.3 Å². The minimum absolute atomic E-state index is 0.0537. The van der Waals surface area contributed by atoms with Crippen molar-refractivity contribution in [3.05, 3.63) is 54.6 Å². The Morgan fingerprint density at radius 3 is 2.60 bits per heavy atom. The lowest BCUT2D eigenvalue weighted by Crippen LogP contribution is -2.24. The molecular weight excluding hydrogens is 244 g/mol. The molecule has 1 rings (SSSR count). The Morgan fingerprint density at radius 1 is 1.25 bits per heavy atom. The fourth-order valence-corrected chi connectivity index (χ4v) is 2.06. The third-order valence-corrected chi connectivity index (χ3v) is 3.52. The lowest BCUT2D eigenvalue weighted by molar-refractivity contribution is -0.00909. The van der Waals surface area contributed by atoms with Crippen molar-refractivity contribution in [2.75, 3.05) is 6.61 Å².